The lowest BCUT2D eigenvalue weighted by molar-refractivity contribution is -0.151. The first kappa shape index (κ1) is 15.4. The van der Waals surface area contributed by atoms with Crippen LogP contribution in [-0.2, 0) is 9.59 Å². The molecule has 6 heteroatoms. The quantitative estimate of drug-likeness (QED) is 0.710. The van der Waals surface area contributed by atoms with Crippen molar-refractivity contribution in [1.29, 1.82) is 0 Å². The van der Waals surface area contributed by atoms with Crippen LogP contribution >= 0.6 is 0 Å². The molecule has 5 rings (SSSR count). The number of amides is 1. The molecule has 1 saturated heterocycles. The van der Waals surface area contributed by atoms with Crippen molar-refractivity contribution in [2.24, 2.45) is 11.8 Å². The van der Waals surface area contributed by atoms with Gasteiger partial charge in [0.25, 0.3) is 0 Å². The van der Waals surface area contributed by atoms with E-state index in [-0.39, 0.29) is 18.0 Å². The van der Waals surface area contributed by atoms with Crippen LogP contribution in [0.3, 0.4) is 0 Å². The smallest absolute Gasteiger partial charge is 0.326 e. The minimum atomic E-state index is -0.903. The van der Waals surface area contributed by atoms with Crippen molar-refractivity contribution in [2.75, 3.05) is 13.1 Å². The predicted octanol–water partition coefficient (Wildman–Crippen LogP) is 0.735. The standard InChI is InChI=1S/C17H26N2O4/c20-14(19-3-1-2-13(19)15(21)22)9-18-16-5-11-4-12(6-16)8-17(23,7-11)10-16/h11-13,18,23H,1-10H2,(H,21,22)/t11-,12-,13+,16?,17?/m1/s1. The number of hydrogen-bond acceptors (Lipinski definition) is 4. The topological polar surface area (TPSA) is 89.9 Å². The second kappa shape index (κ2) is 5.18. The summed E-state index contributed by atoms with van der Waals surface area (Å²) in [4.78, 5) is 25.2. The molecule has 0 aromatic heterocycles. The first-order valence-corrected chi connectivity index (χ1v) is 8.88. The molecule has 0 spiro atoms. The van der Waals surface area contributed by atoms with Gasteiger partial charge in [-0.25, -0.2) is 4.79 Å². The molecule has 1 heterocycles. The average molecular weight is 322 g/mol. The summed E-state index contributed by atoms with van der Waals surface area (Å²) >= 11 is 0. The van der Waals surface area contributed by atoms with Gasteiger partial charge in [-0.1, -0.05) is 0 Å². The third-order valence-corrected chi connectivity index (χ3v) is 6.50. The number of likely N-dealkylation sites (tertiary alicyclic amines) is 1. The van der Waals surface area contributed by atoms with E-state index in [9.17, 15) is 19.8 Å². The molecule has 1 amide bonds. The Morgan fingerprint density at radius 2 is 1.87 bits per heavy atom. The van der Waals surface area contributed by atoms with E-state index in [1.165, 1.54) is 11.3 Å². The lowest BCUT2D eigenvalue weighted by atomic mass is 9.51. The van der Waals surface area contributed by atoms with E-state index >= 15 is 0 Å². The van der Waals surface area contributed by atoms with Crippen LogP contribution < -0.4 is 5.32 Å². The number of hydrogen-bond donors (Lipinski definition) is 3. The monoisotopic (exact) mass is 322 g/mol. The van der Waals surface area contributed by atoms with Crippen LogP contribution in [0.2, 0.25) is 0 Å². The highest BCUT2D eigenvalue weighted by Gasteiger charge is 2.57. The van der Waals surface area contributed by atoms with Gasteiger partial charge in [-0.2, -0.15) is 0 Å². The van der Waals surface area contributed by atoms with Gasteiger partial charge in [0.05, 0.1) is 12.1 Å². The van der Waals surface area contributed by atoms with Crippen LogP contribution in [0.4, 0.5) is 0 Å². The zero-order valence-corrected chi connectivity index (χ0v) is 13.5. The molecule has 5 fully saturated rings. The van der Waals surface area contributed by atoms with Gasteiger partial charge in [0.2, 0.25) is 5.91 Å². The number of aliphatic hydroxyl groups is 1. The maximum Gasteiger partial charge on any atom is 0.326 e. The van der Waals surface area contributed by atoms with Crippen molar-refractivity contribution in [1.82, 2.24) is 10.2 Å². The summed E-state index contributed by atoms with van der Waals surface area (Å²) in [5.41, 5.74) is -0.662. The van der Waals surface area contributed by atoms with Crippen LogP contribution in [0.5, 0.6) is 0 Å². The number of rotatable bonds is 4. The molecule has 0 radical (unpaired) electrons. The summed E-state index contributed by atoms with van der Waals surface area (Å²) < 4.78 is 0. The van der Waals surface area contributed by atoms with E-state index in [4.69, 9.17) is 0 Å². The van der Waals surface area contributed by atoms with Crippen LogP contribution in [0.25, 0.3) is 0 Å². The number of aliphatic carboxylic acids is 1. The third-order valence-electron chi connectivity index (χ3n) is 6.50. The van der Waals surface area contributed by atoms with Crippen LogP contribution in [-0.4, -0.2) is 57.3 Å². The fourth-order valence-corrected chi connectivity index (χ4v) is 6.11. The van der Waals surface area contributed by atoms with E-state index in [1.807, 2.05) is 0 Å². The maximum absolute atomic E-state index is 12.5. The zero-order valence-electron chi connectivity index (χ0n) is 13.5. The Morgan fingerprint density at radius 1 is 1.17 bits per heavy atom. The molecule has 1 aliphatic heterocycles. The second-order valence-corrected chi connectivity index (χ2v) is 8.40. The van der Waals surface area contributed by atoms with E-state index in [0.717, 1.165) is 38.5 Å². The molecule has 5 aliphatic rings. The Balaban J connectivity index is 1.41. The lowest BCUT2D eigenvalue weighted by Gasteiger charge is -2.60. The average Bonchev–Trinajstić information content (AvgIpc) is 2.91. The summed E-state index contributed by atoms with van der Waals surface area (Å²) in [5.74, 6) is 0.127. The highest BCUT2D eigenvalue weighted by molar-refractivity contribution is 5.85. The van der Waals surface area contributed by atoms with Crippen LogP contribution in [0.1, 0.15) is 51.4 Å². The number of carboxylic acid groups (broad SMARTS) is 1. The van der Waals surface area contributed by atoms with Crippen molar-refractivity contribution in [3.8, 4) is 0 Å². The molecule has 3 N–H and O–H groups in total. The molecule has 4 saturated carbocycles. The van der Waals surface area contributed by atoms with Crippen molar-refractivity contribution in [3.63, 3.8) is 0 Å². The summed E-state index contributed by atoms with van der Waals surface area (Å²) in [6, 6.07) is -0.662. The van der Waals surface area contributed by atoms with E-state index < -0.39 is 17.6 Å². The molecule has 3 atom stereocenters. The second-order valence-electron chi connectivity index (χ2n) is 8.40. The Morgan fingerprint density at radius 3 is 2.48 bits per heavy atom. The van der Waals surface area contributed by atoms with Gasteiger partial charge in [0.15, 0.2) is 0 Å². The number of carboxylic acids is 1. The fraction of sp³-hybridized carbons (Fsp3) is 0.882. The van der Waals surface area contributed by atoms with E-state index in [2.05, 4.69) is 5.32 Å². The first-order valence-electron chi connectivity index (χ1n) is 8.88. The van der Waals surface area contributed by atoms with Gasteiger partial charge in [-0.3, -0.25) is 4.79 Å². The van der Waals surface area contributed by atoms with E-state index in [0.29, 0.717) is 24.8 Å². The normalized spacial score (nSPS) is 44.7. The highest BCUT2D eigenvalue weighted by Crippen LogP contribution is 2.57. The Bertz CT molecular complexity index is 521. The van der Waals surface area contributed by atoms with Gasteiger partial charge in [0, 0.05) is 12.1 Å². The molecular formula is C17H26N2O4. The predicted molar refractivity (Wildman–Crippen MR) is 82.7 cm³/mol. The Kier molecular flexibility index (Phi) is 3.47. The Hall–Kier alpha value is -1.14. The Labute approximate surface area is 136 Å². The summed E-state index contributed by atoms with van der Waals surface area (Å²) in [6.45, 7) is 0.735. The highest BCUT2D eigenvalue weighted by atomic mass is 16.4. The van der Waals surface area contributed by atoms with Crippen molar-refractivity contribution in [2.45, 2.75) is 68.5 Å². The van der Waals surface area contributed by atoms with E-state index in [1.54, 1.807) is 0 Å². The maximum atomic E-state index is 12.5. The zero-order chi connectivity index (χ0) is 16.2. The minimum absolute atomic E-state index is 0.113. The molecular weight excluding hydrogens is 296 g/mol. The van der Waals surface area contributed by atoms with Gasteiger partial charge in [-0.15, -0.1) is 0 Å². The SMILES string of the molecule is O=C(O)[C@@H]1CCCN1C(=O)CNC12C[C@H]3C[C@@H](CC(O)(C3)C1)C2. The van der Waals surface area contributed by atoms with Crippen molar-refractivity contribution in [3.05, 3.63) is 0 Å². The largest absolute Gasteiger partial charge is 0.480 e. The van der Waals surface area contributed by atoms with Gasteiger partial charge < -0.3 is 20.4 Å². The van der Waals surface area contributed by atoms with Crippen molar-refractivity contribution >= 4 is 11.9 Å². The molecule has 128 valence electrons. The minimum Gasteiger partial charge on any atom is -0.480 e. The molecule has 0 aromatic rings. The first-order chi connectivity index (χ1) is 10.9. The molecule has 6 nitrogen and oxygen atoms in total. The fourth-order valence-electron chi connectivity index (χ4n) is 6.11. The number of nitrogens with one attached hydrogen (secondary N) is 1. The molecule has 4 bridgehead atoms. The summed E-state index contributed by atoms with van der Waals surface area (Å²) in [6.07, 6.45) is 7.18. The third kappa shape index (κ3) is 2.66. The van der Waals surface area contributed by atoms with Gasteiger partial charge in [0.1, 0.15) is 6.04 Å². The van der Waals surface area contributed by atoms with Gasteiger partial charge >= 0.3 is 5.97 Å². The number of carbonyl (C=O) groups excluding carboxylic acids is 1. The van der Waals surface area contributed by atoms with Crippen LogP contribution in [0.15, 0.2) is 0 Å². The molecule has 4 aliphatic carbocycles. The van der Waals surface area contributed by atoms with Gasteiger partial charge in [-0.05, 0) is 63.2 Å². The lowest BCUT2D eigenvalue weighted by Crippen LogP contribution is -2.65. The van der Waals surface area contributed by atoms with Crippen LogP contribution in [0, 0.1) is 11.8 Å². The molecule has 23 heavy (non-hydrogen) atoms. The number of carbonyl (C=O) groups is 2. The summed E-state index contributed by atoms with van der Waals surface area (Å²) in [7, 11) is 0. The number of nitrogens with zero attached hydrogens (tertiary/aromatic N) is 1. The molecule has 0 aromatic carbocycles. The summed E-state index contributed by atoms with van der Waals surface area (Å²) in [5, 5.41) is 23.4. The molecule has 0 unspecified atom stereocenters. The van der Waals surface area contributed by atoms with Crippen molar-refractivity contribution < 1.29 is 19.8 Å².